The molecule has 0 spiro atoms. The topological polar surface area (TPSA) is 34.8 Å². The van der Waals surface area contributed by atoms with Crippen LogP contribution in [-0.2, 0) is 19.6 Å². The fourth-order valence-corrected chi connectivity index (χ4v) is 2.04. The van der Waals surface area contributed by atoms with Gasteiger partial charge in [0.25, 0.3) is 0 Å². The minimum Gasteiger partial charge on any atom is -0.354 e. The Morgan fingerprint density at radius 3 is 3.00 bits per heavy atom. The molecule has 0 aromatic carbocycles. The van der Waals surface area contributed by atoms with Crippen LogP contribution in [0.1, 0.15) is 25.8 Å². The highest BCUT2D eigenvalue weighted by Crippen LogP contribution is 2.03. The van der Waals surface area contributed by atoms with Gasteiger partial charge in [0.15, 0.2) is 0 Å². The minimum absolute atomic E-state index is 0.416. The molecule has 0 saturated heterocycles. The lowest BCUT2D eigenvalue weighted by atomic mass is 10.3. The third kappa shape index (κ3) is 3.74. The van der Waals surface area contributed by atoms with E-state index >= 15 is 0 Å². The molecule has 0 bridgehead atoms. The van der Waals surface area contributed by atoms with Crippen LogP contribution in [0.5, 0.6) is 0 Å². The van der Waals surface area contributed by atoms with E-state index in [-0.39, 0.29) is 0 Å². The predicted octanol–water partition coefficient (Wildman–Crippen LogP) is 2.27. The van der Waals surface area contributed by atoms with Crippen LogP contribution in [-0.4, -0.2) is 20.4 Å². The largest absolute Gasteiger partial charge is 0.354 e. The number of aryl methyl sites for hydroxylation is 1. The standard InChI is InChI=1S/C14H22N4/c1-3-7-17-9-5-14(12-17)10-15-13(2)11-18-8-4-6-16-18/h4-6,8-9,12-13,15H,3,7,10-11H2,1-2H3. The molecule has 0 aliphatic carbocycles. The quantitative estimate of drug-likeness (QED) is 0.813. The third-order valence-corrected chi connectivity index (χ3v) is 2.97. The maximum absolute atomic E-state index is 4.21. The van der Waals surface area contributed by atoms with Gasteiger partial charge >= 0.3 is 0 Å². The molecule has 0 aliphatic heterocycles. The Balaban J connectivity index is 1.76. The zero-order chi connectivity index (χ0) is 12.8. The summed E-state index contributed by atoms with van der Waals surface area (Å²) in [4.78, 5) is 0. The van der Waals surface area contributed by atoms with Gasteiger partial charge < -0.3 is 9.88 Å². The monoisotopic (exact) mass is 246 g/mol. The van der Waals surface area contributed by atoms with E-state index in [2.05, 4.69) is 47.3 Å². The second-order valence-electron chi connectivity index (χ2n) is 4.77. The second-order valence-corrected chi connectivity index (χ2v) is 4.77. The zero-order valence-electron chi connectivity index (χ0n) is 11.2. The molecule has 0 aliphatic rings. The molecule has 1 atom stereocenters. The van der Waals surface area contributed by atoms with E-state index in [9.17, 15) is 0 Å². The highest BCUT2D eigenvalue weighted by molar-refractivity contribution is 5.10. The number of hydrogen-bond donors (Lipinski definition) is 1. The molecule has 0 fully saturated rings. The van der Waals surface area contributed by atoms with Crippen molar-refractivity contribution in [2.24, 2.45) is 0 Å². The van der Waals surface area contributed by atoms with Gasteiger partial charge in [0.2, 0.25) is 0 Å². The molecular weight excluding hydrogens is 224 g/mol. The van der Waals surface area contributed by atoms with E-state index in [0.717, 1.165) is 19.6 Å². The summed E-state index contributed by atoms with van der Waals surface area (Å²) in [6, 6.07) is 4.56. The summed E-state index contributed by atoms with van der Waals surface area (Å²) in [5.74, 6) is 0. The van der Waals surface area contributed by atoms with E-state index in [1.165, 1.54) is 12.0 Å². The SMILES string of the molecule is CCCn1ccc(CNC(C)Cn2cccn2)c1. The minimum atomic E-state index is 0.416. The molecule has 0 radical (unpaired) electrons. The van der Waals surface area contributed by atoms with Gasteiger partial charge in [0.05, 0.1) is 6.54 Å². The Morgan fingerprint density at radius 1 is 1.39 bits per heavy atom. The molecule has 4 heteroatoms. The summed E-state index contributed by atoms with van der Waals surface area (Å²) in [6.07, 6.45) is 9.36. The van der Waals surface area contributed by atoms with E-state index in [4.69, 9.17) is 0 Å². The molecule has 1 unspecified atom stereocenters. The van der Waals surface area contributed by atoms with Crippen molar-refractivity contribution in [2.75, 3.05) is 0 Å². The van der Waals surface area contributed by atoms with Gasteiger partial charge in [-0.25, -0.2) is 0 Å². The van der Waals surface area contributed by atoms with Crippen LogP contribution in [0.3, 0.4) is 0 Å². The molecule has 2 aromatic rings. The number of hydrogen-bond acceptors (Lipinski definition) is 2. The van der Waals surface area contributed by atoms with Gasteiger partial charge in [-0.2, -0.15) is 5.10 Å². The number of rotatable bonds is 7. The zero-order valence-corrected chi connectivity index (χ0v) is 11.2. The molecule has 0 amide bonds. The third-order valence-electron chi connectivity index (χ3n) is 2.97. The lowest BCUT2D eigenvalue weighted by Crippen LogP contribution is -2.30. The molecule has 1 N–H and O–H groups in total. The summed E-state index contributed by atoms with van der Waals surface area (Å²) >= 11 is 0. The van der Waals surface area contributed by atoms with Crippen molar-refractivity contribution in [3.8, 4) is 0 Å². The first-order valence-electron chi connectivity index (χ1n) is 6.63. The van der Waals surface area contributed by atoms with Crippen molar-refractivity contribution >= 4 is 0 Å². The van der Waals surface area contributed by atoms with Crippen molar-refractivity contribution in [1.29, 1.82) is 0 Å². The lowest BCUT2D eigenvalue weighted by molar-refractivity contribution is 0.450. The van der Waals surface area contributed by atoms with E-state index in [0.29, 0.717) is 6.04 Å². The first-order chi connectivity index (χ1) is 8.78. The Morgan fingerprint density at radius 2 is 2.28 bits per heavy atom. The summed E-state index contributed by atoms with van der Waals surface area (Å²) in [5, 5.41) is 7.73. The number of nitrogens with one attached hydrogen (secondary N) is 1. The highest BCUT2D eigenvalue weighted by Gasteiger charge is 2.03. The van der Waals surface area contributed by atoms with Crippen LogP contribution in [0.2, 0.25) is 0 Å². The van der Waals surface area contributed by atoms with Crippen LogP contribution in [0.4, 0.5) is 0 Å². The summed E-state index contributed by atoms with van der Waals surface area (Å²) in [6.45, 7) is 7.31. The molecule has 2 heterocycles. The molecule has 18 heavy (non-hydrogen) atoms. The van der Waals surface area contributed by atoms with Crippen LogP contribution in [0, 0.1) is 0 Å². The van der Waals surface area contributed by atoms with Crippen LogP contribution < -0.4 is 5.32 Å². The average Bonchev–Trinajstić information content (AvgIpc) is 2.99. The molecule has 4 nitrogen and oxygen atoms in total. The van der Waals surface area contributed by atoms with Crippen LogP contribution >= 0.6 is 0 Å². The second kappa shape index (κ2) is 6.40. The average molecular weight is 246 g/mol. The lowest BCUT2D eigenvalue weighted by Gasteiger charge is -2.13. The first-order valence-corrected chi connectivity index (χ1v) is 6.63. The predicted molar refractivity (Wildman–Crippen MR) is 73.3 cm³/mol. The molecule has 0 saturated carbocycles. The molecule has 98 valence electrons. The van der Waals surface area contributed by atoms with Gasteiger partial charge in [-0.1, -0.05) is 6.92 Å². The Bertz CT molecular complexity index is 444. The molecule has 2 rings (SSSR count). The number of aromatic nitrogens is 3. The Labute approximate surface area is 109 Å². The highest BCUT2D eigenvalue weighted by atomic mass is 15.3. The first kappa shape index (κ1) is 12.9. The van der Waals surface area contributed by atoms with Crippen LogP contribution in [0.15, 0.2) is 36.9 Å². The maximum atomic E-state index is 4.21. The van der Waals surface area contributed by atoms with Gasteiger partial charge in [-0.3, -0.25) is 4.68 Å². The summed E-state index contributed by atoms with van der Waals surface area (Å²) in [5.41, 5.74) is 1.34. The van der Waals surface area contributed by atoms with E-state index in [1.807, 2.05) is 23.1 Å². The van der Waals surface area contributed by atoms with E-state index in [1.54, 1.807) is 0 Å². The van der Waals surface area contributed by atoms with E-state index < -0.39 is 0 Å². The van der Waals surface area contributed by atoms with Crippen molar-refractivity contribution in [3.05, 3.63) is 42.5 Å². The Kier molecular flexibility index (Phi) is 4.59. The number of nitrogens with zero attached hydrogens (tertiary/aromatic N) is 3. The molecular formula is C14H22N4. The van der Waals surface area contributed by atoms with Crippen molar-refractivity contribution in [2.45, 2.75) is 45.9 Å². The fourth-order valence-electron chi connectivity index (χ4n) is 2.04. The van der Waals surface area contributed by atoms with Gasteiger partial charge in [0, 0.05) is 43.9 Å². The van der Waals surface area contributed by atoms with Gasteiger partial charge in [-0.05, 0) is 31.0 Å². The maximum Gasteiger partial charge on any atom is 0.0560 e. The van der Waals surface area contributed by atoms with Gasteiger partial charge in [0.1, 0.15) is 0 Å². The van der Waals surface area contributed by atoms with Crippen molar-refractivity contribution in [3.63, 3.8) is 0 Å². The molecule has 2 aromatic heterocycles. The Hall–Kier alpha value is -1.55. The normalized spacial score (nSPS) is 12.8. The van der Waals surface area contributed by atoms with Gasteiger partial charge in [-0.15, -0.1) is 0 Å². The smallest absolute Gasteiger partial charge is 0.0560 e. The fraction of sp³-hybridized carbons (Fsp3) is 0.500. The van der Waals surface area contributed by atoms with Crippen molar-refractivity contribution in [1.82, 2.24) is 19.7 Å². The summed E-state index contributed by atoms with van der Waals surface area (Å²) in [7, 11) is 0. The van der Waals surface area contributed by atoms with Crippen LogP contribution in [0.25, 0.3) is 0 Å². The van der Waals surface area contributed by atoms with Crippen molar-refractivity contribution < 1.29 is 0 Å². The summed E-state index contributed by atoms with van der Waals surface area (Å²) < 4.78 is 4.20.